The molecule has 110 valence electrons. The fourth-order valence-electron chi connectivity index (χ4n) is 1.67. The summed E-state index contributed by atoms with van der Waals surface area (Å²) in [5.41, 5.74) is 1.66. The average molecular weight is 369 g/mol. The van der Waals surface area contributed by atoms with Crippen LogP contribution in [0.15, 0.2) is 34.1 Å². The molecule has 0 saturated carbocycles. The summed E-state index contributed by atoms with van der Waals surface area (Å²) in [5, 5.41) is 16.3. The predicted octanol–water partition coefficient (Wildman–Crippen LogP) is 3.84. The van der Waals surface area contributed by atoms with Crippen LogP contribution in [0, 0.1) is 6.92 Å². The van der Waals surface area contributed by atoms with Crippen molar-refractivity contribution in [3.63, 3.8) is 0 Å². The second kappa shape index (κ2) is 6.73. The fourth-order valence-corrected chi connectivity index (χ4v) is 2.86. The molecule has 0 aliphatic heterocycles. The molecule has 0 fully saturated rings. The maximum atomic E-state index is 11.9. The number of carboxylic acids is 1. The Morgan fingerprint density at radius 2 is 2.10 bits per heavy atom. The van der Waals surface area contributed by atoms with E-state index >= 15 is 0 Å². The van der Waals surface area contributed by atoms with Gasteiger partial charge in [-0.15, -0.1) is 11.3 Å². The molecule has 0 radical (unpaired) electrons. The standard InChI is InChI=1S/C14H13BrN2O3S/c1-8-4-5-21-12(8)7-16-14(20)17-11-6-9(13(18)19)2-3-10(11)15/h2-6H,7H2,1H3,(H,18,19)(H2,16,17,20). The van der Waals surface area contributed by atoms with Gasteiger partial charge < -0.3 is 15.7 Å². The van der Waals surface area contributed by atoms with Crippen LogP contribution in [-0.4, -0.2) is 17.1 Å². The van der Waals surface area contributed by atoms with E-state index in [1.54, 1.807) is 17.4 Å². The van der Waals surface area contributed by atoms with Crippen molar-refractivity contribution in [2.45, 2.75) is 13.5 Å². The Morgan fingerprint density at radius 3 is 2.71 bits per heavy atom. The molecule has 1 heterocycles. The first kappa shape index (κ1) is 15.5. The number of anilines is 1. The van der Waals surface area contributed by atoms with E-state index < -0.39 is 5.97 Å². The van der Waals surface area contributed by atoms with Crippen molar-refractivity contribution in [2.75, 3.05) is 5.32 Å². The van der Waals surface area contributed by atoms with Crippen LogP contribution < -0.4 is 10.6 Å². The molecule has 0 spiro atoms. The Labute approximate surface area is 134 Å². The molecule has 2 aromatic rings. The topological polar surface area (TPSA) is 78.4 Å². The van der Waals surface area contributed by atoms with Gasteiger partial charge >= 0.3 is 12.0 Å². The molecule has 1 aromatic carbocycles. The summed E-state index contributed by atoms with van der Waals surface area (Å²) in [7, 11) is 0. The summed E-state index contributed by atoms with van der Waals surface area (Å²) < 4.78 is 0.620. The Balaban J connectivity index is 2.01. The van der Waals surface area contributed by atoms with Crippen molar-refractivity contribution < 1.29 is 14.7 Å². The first-order valence-electron chi connectivity index (χ1n) is 6.08. The number of aromatic carboxylic acids is 1. The van der Waals surface area contributed by atoms with Gasteiger partial charge in [0.25, 0.3) is 0 Å². The lowest BCUT2D eigenvalue weighted by atomic mass is 10.2. The van der Waals surface area contributed by atoms with Gasteiger partial charge in [-0.1, -0.05) is 0 Å². The van der Waals surface area contributed by atoms with Crippen molar-refractivity contribution >= 4 is 45.0 Å². The normalized spacial score (nSPS) is 10.2. The summed E-state index contributed by atoms with van der Waals surface area (Å²) in [6.45, 7) is 2.42. The maximum Gasteiger partial charge on any atom is 0.335 e. The van der Waals surface area contributed by atoms with Crippen LogP contribution in [0.1, 0.15) is 20.8 Å². The van der Waals surface area contributed by atoms with Gasteiger partial charge in [-0.3, -0.25) is 0 Å². The van der Waals surface area contributed by atoms with Gasteiger partial charge in [-0.2, -0.15) is 0 Å². The number of carboxylic acid groups (broad SMARTS) is 1. The molecule has 1 aromatic heterocycles. The number of thiophene rings is 1. The monoisotopic (exact) mass is 368 g/mol. The number of hydrogen-bond donors (Lipinski definition) is 3. The fraction of sp³-hybridized carbons (Fsp3) is 0.143. The van der Waals surface area contributed by atoms with Gasteiger partial charge in [-0.05, 0) is 58.1 Å². The Hall–Kier alpha value is -1.86. The van der Waals surface area contributed by atoms with E-state index in [-0.39, 0.29) is 11.6 Å². The van der Waals surface area contributed by atoms with Crippen molar-refractivity contribution in [2.24, 2.45) is 0 Å². The van der Waals surface area contributed by atoms with Gasteiger partial charge in [0.2, 0.25) is 0 Å². The van der Waals surface area contributed by atoms with E-state index in [2.05, 4.69) is 26.6 Å². The molecule has 0 bridgehead atoms. The zero-order valence-corrected chi connectivity index (χ0v) is 13.5. The lowest BCUT2D eigenvalue weighted by Gasteiger charge is -2.09. The zero-order valence-electron chi connectivity index (χ0n) is 11.1. The highest BCUT2D eigenvalue weighted by atomic mass is 79.9. The second-order valence-corrected chi connectivity index (χ2v) is 6.19. The van der Waals surface area contributed by atoms with Crippen LogP contribution >= 0.6 is 27.3 Å². The molecular formula is C14H13BrN2O3S. The summed E-state index contributed by atoms with van der Waals surface area (Å²) in [4.78, 5) is 23.9. The number of urea groups is 1. The van der Waals surface area contributed by atoms with Crippen LogP contribution in [0.25, 0.3) is 0 Å². The third-order valence-electron chi connectivity index (χ3n) is 2.84. The third kappa shape index (κ3) is 4.05. The summed E-state index contributed by atoms with van der Waals surface area (Å²) >= 11 is 4.85. The van der Waals surface area contributed by atoms with E-state index in [0.717, 1.165) is 10.4 Å². The Bertz CT molecular complexity index is 685. The van der Waals surface area contributed by atoms with Gasteiger partial charge in [-0.25, -0.2) is 9.59 Å². The number of carbonyl (C=O) groups excluding carboxylic acids is 1. The smallest absolute Gasteiger partial charge is 0.335 e. The van der Waals surface area contributed by atoms with E-state index in [4.69, 9.17) is 5.11 Å². The molecule has 0 saturated heterocycles. The zero-order chi connectivity index (χ0) is 15.4. The molecule has 5 nitrogen and oxygen atoms in total. The highest BCUT2D eigenvalue weighted by molar-refractivity contribution is 9.10. The van der Waals surface area contributed by atoms with E-state index in [1.807, 2.05) is 18.4 Å². The van der Waals surface area contributed by atoms with E-state index in [0.29, 0.717) is 16.7 Å². The van der Waals surface area contributed by atoms with Gasteiger partial charge in [0.1, 0.15) is 0 Å². The summed E-state index contributed by atoms with van der Waals surface area (Å²) in [5.74, 6) is -1.04. The molecule has 2 amide bonds. The minimum absolute atomic E-state index is 0.114. The van der Waals surface area contributed by atoms with Crippen molar-refractivity contribution in [1.29, 1.82) is 0 Å². The number of amides is 2. The Kier molecular flexibility index (Phi) is 4.98. The SMILES string of the molecule is Cc1ccsc1CNC(=O)Nc1cc(C(=O)O)ccc1Br. The van der Waals surface area contributed by atoms with Crippen molar-refractivity contribution in [1.82, 2.24) is 5.32 Å². The molecule has 21 heavy (non-hydrogen) atoms. The lowest BCUT2D eigenvalue weighted by molar-refractivity contribution is 0.0697. The van der Waals surface area contributed by atoms with Crippen LogP contribution in [0.5, 0.6) is 0 Å². The van der Waals surface area contributed by atoms with Crippen LogP contribution in [0.4, 0.5) is 10.5 Å². The van der Waals surface area contributed by atoms with Crippen LogP contribution in [0.2, 0.25) is 0 Å². The highest BCUT2D eigenvalue weighted by Gasteiger charge is 2.10. The van der Waals surface area contributed by atoms with Gasteiger partial charge in [0.05, 0.1) is 17.8 Å². The summed E-state index contributed by atoms with van der Waals surface area (Å²) in [6.07, 6.45) is 0. The number of rotatable bonds is 4. The third-order valence-corrected chi connectivity index (χ3v) is 4.55. The Morgan fingerprint density at radius 1 is 1.33 bits per heavy atom. The van der Waals surface area contributed by atoms with Gasteiger partial charge in [0, 0.05) is 9.35 Å². The number of halogens is 1. The molecule has 0 unspecified atom stereocenters. The lowest BCUT2D eigenvalue weighted by Crippen LogP contribution is -2.28. The predicted molar refractivity (Wildman–Crippen MR) is 86.0 cm³/mol. The average Bonchev–Trinajstić information content (AvgIpc) is 2.84. The van der Waals surface area contributed by atoms with Crippen molar-refractivity contribution in [3.8, 4) is 0 Å². The van der Waals surface area contributed by atoms with Crippen LogP contribution in [-0.2, 0) is 6.54 Å². The molecule has 0 aliphatic rings. The first-order chi connectivity index (χ1) is 9.97. The number of benzene rings is 1. The molecule has 7 heteroatoms. The molecule has 0 atom stereocenters. The number of hydrogen-bond acceptors (Lipinski definition) is 3. The van der Waals surface area contributed by atoms with Crippen molar-refractivity contribution in [3.05, 3.63) is 50.1 Å². The molecule has 0 aliphatic carbocycles. The number of nitrogens with one attached hydrogen (secondary N) is 2. The minimum atomic E-state index is -1.04. The second-order valence-electron chi connectivity index (χ2n) is 4.33. The van der Waals surface area contributed by atoms with E-state index in [1.165, 1.54) is 12.1 Å². The number of carbonyl (C=O) groups is 2. The first-order valence-corrected chi connectivity index (χ1v) is 7.75. The summed E-state index contributed by atoms with van der Waals surface area (Å²) in [6, 6.07) is 6.06. The largest absolute Gasteiger partial charge is 0.478 e. The highest BCUT2D eigenvalue weighted by Crippen LogP contribution is 2.23. The minimum Gasteiger partial charge on any atom is -0.478 e. The van der Waals surface area contributed by atoms with Crippen LogP contribution in [0.3, 0.4) is 0 Å². The van der Waals surface area contributed by atoms with E-state index in [9.17, 15) is 9.59 Å². The molecular weight excluding hydrogens is 356 g/mol. The van der Waals surface area contributed by atoms with Gasteiger partial charge in [0.15, 0.2) is 0 Å². The maximum absolute atomic E-state index is 11.9. The number of aryl methyl sites for hydroxylation is 1. The molecule has 2 rings (SSSR count). The molecule has 3 N–H and O–H groups in total. The quantitative estimate of drug-likeness (QED) is 0.766.